The Morgan fingerprint density at radius 1 is 1.14 bits per heavy atom. The fraction of sp³-hybridized carbons (Fsp3) is 0.235. The molecule has 0 saturated heterocycles. The van der Waals surface area contributed by atoms with E-state index in [2.05, 4.69) is 15.6 Å². The number of aromatic nitrogens is 1. The van der Waals surface area contributed by atoms with Gasteiger partial charge in [0.05, 0.1) is 7.11 Å². The molecular formula is C17H17N3O7S. The Bertz CT molecular complexity index is 879. The topological polar surface area (TPSA) is 155 Å². The summed E-state index contributed by atoms with van der Waals surface area (Å²) in [6.07, 6.45) is -0.668. The van der Waals surface area contributed by atoms with Crippen molar-refractivity contribution in [1.29, 1.82) is 0 Å². The lowest BCUT2D eigenvalue weighted by atomic mass is 10.1. The van der Waals surface area contributed by atoms with Crippen molar-refractivity contribution >= 4 is 40.2 Å². The third kappa shape index (κ3) is 5.77. The molecule has 2 rings (SSSR count). The van der Waals surface area contributed by atoms with Gasteiger partial charge < -0.3 is 20.3 Å². The average molecular weight is 407 g/mol. The fourth-order valence-electron chi connectivity index (χ4n) is 2.10. The zero-order chi connectivity index (χ0) is 20.7. The summed E-state index contributed by atoms with van der Waals surface area (Å²) in [5.41, 5.74) is 0.276. The molecule has 0 spiro atoms. The van der Waals surface area contributed by atoms with Crippen molar-refractivity contribution in [2.75, 3.05) is 12.4 Å². The molecule has 4 N–H and O–H groups in total. The third-order valence-corrected chi connectivity index (χ3v) is 4.32. The molecule has 0 saturated carbocycles. The van der Waals surface area contributed by atoms with Gasteiger partial charge in [0.2, 0.25) is 0 Å². The van der Waals surface area contributed by atoms with Crippen LogP contribution in [0.3, 0.4) is 0 Å². The van der Waals surface area contributed by atoms with Crippen molar-refractivity contribution in [3.05, 3.63) is 40.9 Å². The maximum atomic E-state index is 12.2. The number of amides is 2. The summed E-state index contributed by atoms with van der Waals surface area (Å²) >= 11 is 0.992. The normalized spacial score (nSPS) is 11.3. The number of nitrogens with zero attached hydrogens (tertiary/aromatic N) is 1. The minimum atomic E-state index is -1.36. The van der Waals surface area contributed by atoms with Gasteiger partial charge >= 0.3 is 11.9 Å². The van der Waals surface area contributed by atoms with Crippen molar-refractivity contribution in [1.82, 2.24) is 10.3 Å². The second-order valence-corrected chi connectivity index (χ2v) is 6.38. The van der Waals surface area contributed by atoms with Crippen LogP contribution < -0.4 is 15.4 Å². The molecule has 1 aromatic carbocycles. The highest BCUT2D eigenvalue weighted by Crippen LogP contribution is 2.18. The van der Waals surface area contributed by atoms with Crippen molar-refractivity contribution in [2.24, 2.45) is 0 Å². The van der Waals surface area contributed by atoms with Crippen LogP contribution in [-0.2, 0) is 9.59 Å². The molecule has 0 aliphatic rings. The van der Waals surface area contributed by atoms with Gasteiger partial charge in [0.25, 0.3) is 11.8 Å². The zero-order valence-corrected chi connectivity index (χ0v) is 15.5. The highest BCUT2D eigenvalue weighted by molar-refractivity contribution is 7.14. The lowest BCUT2D eigenvalue weighted by molar-refractivity contribution is -0.140. The number of nitrogens with one attached hydrogen (secondary N) is 2. The summed E-state index contributed by atoms with van der Waals surface area (Å²) in [6.45, 7) is 0. The Morgan fingerprint density at radius 2 is 1.82 bits per heavy atom. The highest BCUT2D eigenvalue weighted by atomic mass is 32.1. The summed E-state index contributed by atoms with van der Waals surface area (Å²) < 4.78 is 5.01. The number of carboxylic acid groups (broad SMARTS) is 2. The maximum Gasteiger partial charge on any atom is 0.326 e. The number of methoxy groups -OCH3 is 1. The van der Waals surface area contributed by atoms with Crippen LogP contribution in [0.15, 0.2) is 29.6 Å². The van der Waals surface area contributed by atoms with E-state index in [9.17, 15) is 19.2 Å². The van der Waals surface area contributed by atoms with Crippen molar-refractivity contribution in [2.45, 2.75) is 18.9 Å². The number of ether oxygens (including phenoxy) is 1. The molecule has 0 fully saturated rings. The van der Waals surface area contributed by atoms with E-state index < -0.39 is 36.2 Å². The second kappa shape index (κ2) is 9.46. The lowest BCUT2D eigenvalue weighted by Gasteiger charge is -2.12. The number of carboxylic acids is 2. The smallest absolute Gasteiger partial charge is 0.326 e. The Hall–Kier alpha value is -3.47. The second-order valence-electron chi connectivity index (χ2n) is 5.52. The first kappa shape index (κ1) is 20.8. The van der Waals surface area contributed by atoms with Crippen LogP contribution in [0.25, 0.3) is 0 Å². The molecule has 0 radical (unpaired) electrons. The molecule has 11 heteroatoms. The first-order valence-electron chi connectivity index (χ1n) is 7.96. The summed E-state index contributed by atoms with van der Waals surface area (Å²) in [6, 6.07) is 5.02. The number of thiazole rings is 1. The Morgan fingerprint density at radius 3 is 2.39 bits per heavy atom. The summed E-state index contributed by atoms with van der Waals surface area (Å²) in [7, 11) is 1.51. The van der Waals surface area contributed by atoms with Gasteiger partial charge in [0.15, 0.2) is 5.13 Å². The standard InChI is InChI=1S/C17H17N3O7S/c1-27-10-4-2-9(3-5-10)14(23)20-17-19-12(8-28-17)15(24)18-11(16(25)26)6-7-13(21)22/h2-5,8,11H,6-7H2,1H3,(H,18,24)(H,21,22)(H,25,26)(H,19,20,23). The van der Waals surface area contributed by atoms with Gasteiger partial charge in [-0.05, 0) is 30.7 Å². The number of carbonyl (C=O) groups excluding carboxylic acids is 2. The molecule has 148 valence electrons. The molecule has 2 amide bonds. The van der Waals surface area contributed by atoms with Crippen LogP contribution in [0.1, 0.15) is 33.7 Å². The number of benzene rings is 1. The number of carbonyl (C=O) groups is 4. The van der Waals surface area contributed by atoms with Crippen LogP contribution in [0.2, 0.25) is 0 Å². The van der Waals surface area contributed by atoms with Crippen molar-refractivity contribution in [3.8, 4) is 5.75 Å². The number of rotatable bonds is 9. The monoisotopic (exact) mass is 407 g/mol. The van der Waals surface area contributed by atoms with Gasteiger partial charge in [-0.3, -0.25) is 19.7 Å². The van der Waals surface area contributed by atoms with E-state index in [4.69, 9.17) is 14.9 Å². The van der Waals surface area contributed by atoms with Gasteiger partial charge in [0.1, 0.15) is 17.5 Å². The number of hydrogen-bond donors (Lipinski definition) is 4. The van der Waals surface area contributed by atoms with E-state index in [1.54, 1.807) is 24.3 Å². The van der Waals surface area contributed by atoms with Gasteiger partial charge in [-0.2, -0.15) is 0 Å². The quantitative estimate of drug-likeness (QED) is 0.487. The van der Waals surface area contributed by atoms with Crippen LogP contribution >= 0.6 is 11.3 Å². The van der Waals surface area contributed by atoms with Gasteiger partial charge in [-0.1, -0.05) is 0 Å². The molecule has 1 heterocycles. The van der Waals surface area contributed by atoms with Gasteiger partial charge in [-0.25, -0.2) is 9.78 Å². The van der Waals surface area contributed by atoms with Crippen LogP contribution in [0.4, 0.5) is 5.13 Å². The largest absolute Gasteiger partial charge is 0.497 e. The number of hydrogen-bond acceptors (Lipinski definition) is 7. The molecule has 10 nitrogen and oxygen atoms in total. The van der Waals surface area contributed by atoms with E-state index in [1.165, 1.54) is 12.5 Å². The van der Waals surface area contributed by atoms with E-state index >= 15 is 0 Å². The SMILES string of the molecule is COc1ccc(C(=O)Nc2nc(C(=O)NC(CCC(=O)O)C(=O)O)cs2)cc1. The molecule has 1 unspecified atom stereocenters. The van der Waals surface area contributed by atoms with E-state index in [1.807, 2.05) is 0 Å². The Kier molecular flexibility index (Phi) is 7.04. The first-order chi connectivity index (χ1) is 13.3. The predicted molar refractivity (Wildman–Crippen MR) is 98.8 cm³/mol. The summed E-state index contributed by atoms with van der Waals surface area (Å²) in [5, 5.41) is 24.0. The predicted octanol–water partition coefficient (Wildman–Crippen LogP) is 1.45. The van der Waals surface area contributed by atoms with E-state index in [-0.39, 0.29) is 17.2 Å². The van der Waals surface area contributed by atoms with Crippen molar-refractivity contribution in [3.63, 3.8) is 0 Å². The minimum Gasteiger partial charge on any atom is -0.497 e. The Balaban J connectivity index is 1.99. The molecule has 0 bridgehead atoms. The zero-order valence-electron chi connectivity index (χ0n) is 14.7. The number of anilines is 1. The Labute approximate surface area is 163 Å². The minimum absolute atomic E-state index is 0.0865. The maximum absolute atomic E-state index is 12.2. The molecule has 0 aliphatic heterocycles. The lowest BCUT2D eigenvalue weighted by Crippen LogP contribution is -2.41. The van der Waals surface area contributed by atoms with Crippen molar-refractivity contribution < 1.29 is 34.1 Å². The average Bonchev–Trinajstić information content (AvgIpc) is 3.13. The first-order valence-corrected chi connectivity index (χ1v) is 8.84. The molecule has 1 atom stereocenters. The molecule has 0 aliphatic carbocycles. The van der Waals surface area contributed by atoms with Crippen LogP contribution in [0.5, 0.6) is 5.75 Å². The number of aliphatic carboxylic acids is 2. The summed E-state index contributed by atoms with van der Waals surface area (Å²) in [4.78, 5) is 50.0. The van der Waals surface area contributed by atoms with Gasteiger partial charge in [0, 0.05) is 17.4 Å². The van der Waals surface area contributed by atoms with Crippen LogP contribution in [0, 0.1) is 0 Å². The third-order valence-electron chi connectivity index (χ3n) is 3.56. The summed E-state index contributed by atoms with van der Waals surface area (Å²) in [5.74, 6) is -3.14. The molecule has 1 aromatic heterocycles. The molecule has 28 heavy (non-hydrogen) atoms. The van der Waals surface area contributed by atoms with E-state index in [0.717, 1.165) is 11.3 Å². The van der Waals surface area contributed by atoms with E-state index in [0.29, 0.717) is 11.3 Å². The van der Waals surface area contributed by atoms with Crippen LogP contribution in [-0.4, -0.2) is 52.1 Å². The molecular weight excluding hydrogens is 390 g/mol. The molecule has 2 aromatic rings. The highest BCUT2D eigenvalue weighted by Gasteiger charge is 2.23. The van der Waals surface area contributed by atoms with Gasteiger partial charge in [-0.15, -0.1) is 11.3 Å². The fourth-order valence-corrected chi connectivity index (χ4v) is 2.79.